The molecule has 182 valence electrons. The number of carbonyl (C=O) groups excluding carboxylic acids is 1. The zero-order valence-electron chi connectivity index (χ0n) is 20.6. The van der Waals surface area contributed by atoms with Crippen molar-refractivity contribution in [3.8, 4) is 11.4 Å². The van der Waals surface area contributed by atoms with E-state index in [9.17, 15) is 4.79 Å². The van der Waals surface area contributed by atoms with Crippen LogP contribution in [0.4, 0.5) is 5.69 Å². The number of anilines is 1. The zero-order chi connectivity index (χ0) is 25.5. The first kappa shape index (κ1) is 23.9. The molecule has 0 bridgehead atoms. The molecule has 0 saturated heterocycles. The number of aromatic nitrogens is 2. The van der Waals surface area contributed by atoms with Gasteiger partial charge in [-0.3, -0.25) is 9.78 Å². The first-order chi connectivity index (χ1) is 18.2. The summed E-state index contributed by atoms with van der Waals surface area (Å²) in [7, 11) is 0. The highest BCUT2D eigenvalue weighted by molar-refractivity contribution is 6.07. The molecular formula is C31H27N5O. The van der Waals surface area contributed by atoms with Crippen molar-refractivity contribution in [2.45, 2.75) is 13.5 Å². The Morgan fingerprint density at radius 2 is 1.65 bits per heavy atom. The lowest BCUT2D eigenvalue weighted by Gasteiger charge is -2.23. The number of nitrogens with one attached hydrogen (secondary N) is 1. The molecule has 5 rings (SSSR count). The van der Waals surface area contributed by atoms with E-state index in [1.54, 1.807) is 18.5 Å². The van der Waals surface area contributed by atoms with E-state index in [0.717, 1.165) is 35.2 Å². The maximum atomic E-state index is 13.1. The van der Waals surface area contributed by atoms with Crippen LogP contribution in [-0.2, 0) is 6.54 Å². The average molecular weight is 486 g/mol. The number of para-hydroxylation sites is 1. The Hall–Kier alpha value is -4.84. The number of hydrogen-bond donors (Lipinski definition) is 1. The van der Waals surface area contributed by atoms with Gasteiger partial charge in [-0.25, -0.2) is 10.4 Å². The van der Waals surface area contributed by atoms with Crippen molar-refractivity contribution in [2.24, 2.45) is 5.10 Å². The monoisotopic (exact) mass is 485 g/mol. The number of benzene rings is 3. The van der Waals surface area contributed by atoms with Crippen molar-refractivity contribution in [2.75, 3.05) is 11.4 Å². The SMILES string of the molecule is CCN(Cc1ccccc1)c1ccc(/C=N/NC(=O)c2cc(-c3ccccn3)nc3ccccc23)cc1. The minimum atomic E-state index is -0.302. The van der Waals surface area contributed by atoms with Crippen molar-refractivity contribution < 1.29 is 4.79 Å². The highest BCUT2D eigenvalue weighted by Crippen LogP contribution is 2.24. The molecule has 0 unspecified atom stereocenters. The van der Waals surface area contributed by atoms with E-state index >= 15 is 0 Å². The summed E-state index contributed by atoms with van der Waals surface area (Å²) in [6.07, 6.45) is 3.36. The summed E-state index contributed by atoms with van der Waals surface area (Å²) in [5.41, 5.74) is 8.55. The van der Waals surface area contributed by atoms with E-state index in [-0.39, 0.29) is 5.91 Å². The number of hydrogen-bond acceptors (Lipinski definition) is 5. The fraction of sp³-hybridized carbons (Fsp3) is 0.0968. The minimum absolute atomic E-state index is 0.302. The molecule has 0 aliphatic rings. The third-order valence-electron chi connectivity index (χ3n) is 6.12. The summed E-state index contributed by atoms with van der Waals surface area (Å²) in [4.78, 5) is 24.5. The maximum absolute atomic E-state index is 13.1. The van der Waals surface area contributed by atoms with Crippen LogP contribution in [0.2, 0.25) is 0 Å². The smallest absolute Gasteiger partial charge is 0.272 e. The van der Waals surface area contributed by atoms with Crippen LogP contribution in [0.1, 0.15) is 28.4 Å². The second-order valence-electron chi connectivity index (χ2n) is 8.58. The first-order valence-electron chi connectivity index (χ1n) is 12.2. The highest BCUT2D eigenvalue weighted by Gasteiger charge is 2.14. The molecule has 37 heavy (non-hydrogen) atoms. The highest BCUT2D eigenvalue weighted by atomic mass is 16.2. The van der Waals surface area contributed by atoms with E-state index in [1.165, 1.54) is 5.56 Å². The molecule has 2 aromatic heterocycles. The molecule has 0 radical (unpaired) electrons. The van der Waals surface area contributed by atoms with Crippen LogP contribution in [-0.4, -0.2) is 28.6 Å². The first-order valence-corrected chi connectivity index (χ1v) is 12.2. The molecule has 0 aliphatic heterocycles. The van der Waals surface area contributed by atoms with E-state index in [2.05, 4.69) is 68.7 Å². The second-order valence-corrected chi connectivity index (χ2v) is 8.58. The molecule has 0 saturated carbocycles. The molecule has 1 amide bonds. The molecule has 1 N–H and O–H groups in total. The normalized spacial score (nSPS) is 11.1. The third-order valence-corrected chi connectivity index (χ3v) is 6.12. The Morgan fingerprint density at radius 1 is 0.892 bits per heavy atom. The summed E-state index contributed by atoms with van der Waals surface area (Å²) in [6, 6.07) is 33.5. The van der Waals surface area contributed by atoms with Crippen molar-refractivity contribution in [1.29, 1.82) is 0 Å². The molecule has 6 heteroatoms. The van der Waals surface area contributed by atoms with Crippen molar-refractivity contribution in [3.05, 3.63) is 126 Å². The van der Waals surface area contributed by atoms with Crippen LogP contribution in [0.5, 0.6) is 0 Å². The molecule has 0 fully saturated rings. The van der Waals surface area contributed by atoms with Gasteiger partial charge in [0.2, 0.25) is 0 Å². The maximum Gasteiger partial charge on any atom is 0.272 e. The van der Waals surface area contributed by atoms with Crippen LogP contribution < -0.4 is 10.3 Å². The topological polar surface area (TPSA) is 70.5 Å². The van der Waals surface area contributed by atoms with Gasteiger partial charge in [0.25, 0.3) is 5.91 Å². The molecular weight excluding hydrogens is 458 g/mol. The van der Waals surface area contributed by atoms with Gasteiger partial charge < -0.3 is 4.90 Å². The van der Waals surface area contributed by atoms with Crippen molar-refractivity contribution >= 4 is 28.7 Å². The fourth-order valence-electron chi connectivity index (χ4n) is 4.20. The van der Waals surface area contributed by atoms with Gasteiger partial charge in [0, 0.05) is 30.4 Å². The summed E-state index contributed by atoms with van der Waals surface area (Å²) >= 11 is 0. The Kier molecular flexibility index (Phi) is 7.27. The predicted octanol–water partition coefficient (Wildman–Crippen LogP) is 6.09. The van der Waals surface area contributed by atoms with Gasteiger partial charge in [0.05, 0.1) is 28.7 Å². The van der Waals surface area contributed by atoms with E-state index in [1.807, 2.05) is 60.7 Å². The van der Waals surface area contributed by atoms with Gasteiger partial charge in [-0.2, -0.15) is 5.10 Å². The Morgan fingerprint density at radius 3 is 2.41 bits per heavy atom. The summed E-state index contributed by atoms with van der Waals surface area (Å²) in [5.74, 6) is -0.302. The number of fused-ring (bicyclic) bond motifs is 1. The van der Waals surface area contributed by atoms with Gasteiger partial charge in [0.15, 0.2) is 0 Å². The lowest BCUT2D eigenvalue weighted by Crippen LogP contribution is -2.21. The number of rotatable bonds is 8. The lowest BCUT2D eigenvalue weighted by molar-refractivity contribution is 0.0956. The molecule has 0 aliphatic carbocycles. The molecule has 0 spiro atoms. The quantitative estimate of drug-likeness (QED) is 0.213. The van der Waals surface area contributed by atoms with E-state index in [4.69, 9.17) is 0 Å². The van der Waals surface area contributed by atoms with Gasteiger partial charge in [-0.1, -0.05) is 66.7 Å². The predicted molar refractivity (Wildman–Crippen MR) is 150 cm³/mol. The second kappa shape index (κ2) is 11.3. The lowest BCUT2D eigenvalue weighted by atomic mass is 10.1. The summed E-state index contributed by atoms with van der Waals surface area (Å²) in [6.45, 7) is 3.90. The van der Waals surface area contributed by atoms with Crippen molar-refractivity contribution in [1.82, 2.24) is 15.4 Å². The largest absolute Gasteiger partial charge is 0.367 e. The van der Waals surface area contributed by atoms with E-state index in [0.29, 0.717) is 17.0 Å². The van der Waals surface area contributed by atoms with Crippen LogP contribution in [0.3, 0.4) is 0 Å². The van der Waals surface area contributed by atoms with Gasteiger partial charge >= 0.3 is 0 Å². The van der Waals surface area contributed by atoms with Gasteiger partial charge in [0.1, 0.15) is 0 Å². The average Bonchev–Trinajstić information content (AvgIpc) is 2.96. The summed E-state index contributed by atoms with van der Waals surface area (Å²) < 4.78 is 0. The number of hydrazone groups is 1. The number of carbonyl (C=O) groups is 1. The third kappa shape index (κ3) is 5.70. The van der Waals surface area contributed by atoms with Crippen LogP contribution in [0.25, 0.3) is 22.3 Å². The van der Waals surface area contributed by atoms with Crippen LogP contribution in [0.15, 0.2) is 114 Å². The minimum Gasteiger partial charge on any atom is -0.367 e. The molecule has 3 aromatic carbocycles. The van der Waals surface area contributed by atoms with Crippen molar-refractivity contribution in [3.63, 3.8) is 0 Å². The Bertz CT molecular complexity index is 1520. The standard InChI is InChI=1S/C31H27N5O/c1-2-36(22-24-10-4-3-5-11-24)25-17-15-23(16-18-25)21-33-35-31(37)27-20-30(29-14-8-9-19-32-29)34-28-13-7-6-12-26(27)28/h3-21H,2,22H2,1H3,(H,35,37)/b33-21+. The number of pyridine rings is 2. The van der Waals surface area contributed by atoms with Gasteiger partial charge in [-0.15, -0.1) is 0 Å². The molecule has 5 aromatic rings. The van der Waals surface area contributed by atoms with Crippen LogP contribution >= 0.6 is 0 Å². The zero-order valence-corrected chi connectivity index (χ0v) is 20.6. The Balaban J connectivity index is 1.31. The molecule has 6 nitrogen and oxygen atoms in total. The fourth-order valence-corrected chi connectivity index (χ4v) is 4.20. The van der Waals surface area contributed by atoms with Gasteiger partial charge in [-0.05, 0) is 54.4 Å². The molecule has 0 atom stereocenters. The van der Waals surface area contributed by atoms with Crippen LogP contribution in [0, 0.1) is 0 Å². The van der Waals surface area contributed by atoms with E-state index < -0.39 is 0 Å². The Labute approximate surface area is 216 Å². The number of amides is 1. The summed E-state index contributed by atoms with van der Waals surface area (Å²) in [5, 5.41) is 4.98. The molecule has 2 heterocycles. The number of nitrogens with zero attached hydrogens (tertiary/aromatic N) is 4.